The minimum Gasteiger partial charge on any atom is -0.383 e. The van der Waals surface area contributed by atoms with Gasteiger partial charge in [0.05, 0.1) is 6.54 Å². The van der Waals surface area contributed by atoms with Gasteiger partial charge in [-0.2, -0.15) is 0 Å². The maximum atomic E-state index is 12.9. The van der Waals surface area contributed by atoms with Crippen molar-refractivity contribution < 1.29 is 4.79 Å². The first kappa shape index (κ1) is 20.2. The molecule has 1 aromatic rings. The van der Waals surface area contributed by atoms with Gasteiger partial charge < -0.3 is 10.6 Å². The third-order valence-electron chi connectivity index (χ3n) is 4.44. The fourth-order valence-corrected chi connectivity index (χ4v) is 3.28. The van der Waals surface area contributed by atoms with Crippen LogP contribution in [-0.2, 0) is 11.3 Å². The summed E-state index contributed by atoms with van der Waals surface area (Å²) in [6.45, 7) is 10.7. The van der Waals surface area contributed by atoms with E-state index >= 15 is 0 Å². The SMILES string of the molecule is CC(C)CN(C(=O)CN1CCCC1)c1c(N)n(CC(C)C)c(=O)[nH]c1=O. The Bertz CT molecular complexity index is 744. The van der Waals surface area contributed by atoms with Gasteiger partial charge in [0.1, 0.15) is 5.82 Å². The highest BCUT2D eigenvalue weighted by Gasteiger charge is 2.27. The highest BCUT2D eigenvalue weighted by Crippen LogP contribution is 2.20. The standard InChI is InChI=1S/C18H31N5O3/c1-12(2)9-22(14(24)11-21-7-5-6-8-21)15-16(19)23(10-13(3)4)18(26)20-17(15)25/h12-13H,5-11,19H2,1-4H3,(H,20,25,26). The Balaban J connectivity index is 2.44. The Morgan fingerprint density at radius 1 is 1.15 bits per heavy atom. The van der Waals surface area contributed by atoms with E-state index in [1.54, 1.807) is 0 Å². The molecule has 8 nitrogen and oxygen atoms in total. The Labute approximate surface area is 154 Å². The molecule has 1 saturated heterocycles. The molecule has 1 fully saturated rings. The van der Waals surface area contributed by atoms with E-state index in [-0.39, 0.29) is 35.8 Å². The zero-order valence-electron chi connectivity index (χ0n) is 16.2. The molecule has 146 valence electrons. The second-order valence-electron chi connectivity index (χ2n) is 7.88. The molecule has 1 amide bonds. The molecular formula is C18H31N5O3. The molecule has 8 heteroatoms. The van der Waals surface area contributed by atoms with Crippen LogP contribution in [0.5, 0.6) is 0 Å². The van der Waals surface area contributed by atoms with Crippen LogP contribution in [0.4, 0.5) is 11.5 Å². The summed E-state index contributed by atoms with van der Waals surface area (Å²) in [5.74, 6) is 0.227. The van der Waals surface area contributed by atoms with Crippen molar-refractivity contribution in [1.29, 1.82) is 0 Å². The summed E-state index contributed by atoms with van der Waals surface area (Å²) in [7, 11) is 0. The van der Waals surface area contributed by atoms with Crippen LogP contribution in [0.1, 0.15) is 40.5 Å². The van der Waals surface area contributed by atoms with Crippen molar-refractivity contribution in [2.75, 3.05) is 36.8 Å². The second-order valence-corrected chi connectivity index (χ2v) is 7.88. The minimum atomic E-state index is -0.608. The molecule has 0 unspecified atom stereocenters. The summed E-state index contributed by atoms with van der Waals surface area (Å²) >= 11 is 0. The molecule has 2 heterocycles. The van der Waals surface area contributed by atoms with Gasteiger partial charge in [0.25, 0.3) is 5.56 Å². The zero-order valence-corrected chi connectivity index (χ0v) is 16.2. The van der Waals surface area contributed by atoms with Crippen molar-refractivity contribution in [1.82, 2.24) is 14.5 Å². The quantitative estimate of drug-likeness (QED) is 0.746. The van der Waals surface area contributed by atoms with E-state index in [0.717, 1.165) is 25.9 Å². The highest BCUT2D eigenvalue weighted by molar-refractivity contribution is 5.96. The molecule has 0 spiro atoms. The van der Waals surface area contributed by atoms with Crippen LogP contribution in [0.15, 0.2) is 9.59 Å². The van der Waals surface area contributed by atoms with Crippen LogP contribution >= 0.6 is 0 Å². The first-order valence-corrected chi connectivity index (χ1v) is 9.36. The van der Waals surface area contributed by atoms with E-state index in [0.29, 0.717) is 13.1 Å². The number of amides is 1. The molecule has 1 aliphatic rings. The maximum absolute atomic E-state index is 12.9. The van der Waals surface area contributed by atoms with Crippen molar-refractivity contribution in [3.63, 3.8) is 0 Å². The smallest absolute Gasteiger partial charge is 0.330 e. The predicted octanol–water partition coefficient (Wildman–Crippen LogP) is 0.860. The molecule has 2 rings (SSSR count). The largest absolute Gasteiger partial charge is 0.383 e. The third-order valence-corrected chi connectivity index (χ3v) is 4.44. The van der Waals surface area contributed by atoms with E-state index in [1.165, 1.54) is 9.47 Å². The van der Waals surface area contributed by atoms with Crippen LogP contribution in [0.25, 0.3) is 0 Å². The van der Waals surface area contributed by atoms with Crippen molar-refractivity contribution in [3.8, 4) is 0 Å². The number of carbonyl (C=O) groups excluding carboxylic acids is 1. The normalized spacial score (nSPS) is 15.2. The number of nitrogen functional groups attached to an aromatic ring is 1. The number of nitrogens with zero attached hydrogens (tertiary/aromatic N) is 3. The van der Waals surface area contributed by atoms with Gasteiger partial charge in [0, 0.05) is 13.1 Å². The van der Waals surface area contributed by atoms with E-state index < -0.39 is 11.2 Å². The number of aromatic amines is 1. The molecule has 26 heavy (non-hydrogen) atoms. The molecule has 0 aromatic carbocycles. The van der Waals surface area contributed by atoms with Gasteiger partial charge >= 0.3 is 5.69 Å². The lowest BCUT2D eigenvalue weighted by Crippen LogP contribution is -2.46. The fraction of sp³-hybridized carbons (Fsp3) is 0.722. The number of rotatable bonds is 7. The topological polar surface area (TPSA) is 104 Å². The number of hydrogen-bond acceptors (Lipinski definition) is 5. The summed E-state index contributed by atoms with van der Waals surface area (Å²) in [5, 5.41) is 0. The van der Waals surface area contributed by atoms with Crippen LogP contribution < -0.4 is 21.9 Å². The third kappa shape index (κ3) is 4.75. The number of carbonyl (C=O) groups is 1. The molecule has 0 saturated carbocycles. The number of anilines is 2. The molecule has 1 aromatic heterocycles. The number of H-pyrrole nitrogens is 1. The van der Waals surface area contributed by atoms with E-state index in [1.807, 2.05) is 27.7 Å². The lowest BCUT2D eigenvalue weighted by Gasteiger charge is -2.28. The zero-order chi connectivity index (χ0) is 19.4. The molecule has 3 N–H and O–H groups in total. The van der Waals surface area contributed by atoms with Gasteiger partial charge in [-0.3, -0.25) is 24.0 Å². The highest BCUT2D eigenvalue weighted by atomic mass is 16.2. The molecule has 0 radical (unpaired) electrons. The summed E-state index contributed by atoms with van der Waals surface area (Å²) < 4.78 is 1.35. The van der Waals surface area contributed by atoms with Crippen LogP contribution in [0, 0.1) is 11.8 Å². The lowest BCUT2D eigenvalue weighted by atomic mass is 10.2. The maximum Gasteiger partial charge on any atom is 0.330 e. The van der Waals surface area contributed by atoms with Crippen molar-refractivity contribution in [2.24, 2.45) is 11.8 Å². The van der Waals surface area contributed by atoms with Crippen molar-refractivity contribution in [2.45, 2.75) is 47.1 Å². The Morgan fingerprint density at radius 2 is 1.77 bits per heavy atom. The average Bonchev–Trinajstić information content (AvgIpc) is 3.02. The van der Waals surface area contributed by atoms with Crippen molar-refractivity contribution in [3.05, 3.63) is 20.8 Å². The van der Waals surface area contributed by atoms with Gasteiger partial charge in [-0.15, -0.1) is 0 Å². The van der Waals surface area contributed by atoms with Gasteiger partial charge in [-0.1, -0.05) is 27.7 Å². The monoisotopic (exact) mass is 365 g/mol. The molecule has 0 bridgehead atoms. The van der Waals surface area contributed by atoms with Crippen LogP contribution in [0.2, 0.25) is 0 Å². The number of nitrogens with two attached hydrogens (primary N) is 1. The second kappa shape index (κ2) is 8.53. The first-order chi connectivity index (χ1) is 12.2. The summed E-state index contributed by atoms with van der Waals surface area (Å²) in [6.07, 6.45) is 2.17. The lowest BCUT2D eigenvalue weighted by molar-refractivity contribution is -0.119. The number of nitrogens with one attached hydrogen (secondary N) is 1. The summed E-state index contributed by atoms with van der Waals surface area (Å²) in [5.41, 5.74) is 5.13. The van der Waals surface area contributed by atoms with Gasteiger partial charge in [0.15, 0.2) is 5.69 Å². The number of likely N-dealkylation sites (tertiary alicyclic amines) is 1. The Morgan fingerprint density at radius 3 is 2.31 bits per heavy atom. The van der Waals surface area contributed by atoms with E-state index in [2.05, 4.69) is 9.88 Å². The van der Waals surface area contributed by atoms with Gasteiger partial charge in [-0.25, -0.2) is 4.79 Å². The molecule has 0 aliphatic carbocycles. The van der Waals surface area contributed by atoms with Crippen LogP contribution in [0.3, 0.4) is 0 Å². The number of aromatic nitrogens is 2. The van der Waals surface area contributed by atoms with E-state index in [4.69, 9.17) is 5.73 Å². The van der Waals surface area contributed by atoms with Crippen molar-refractivity contribution >= 4 is 17.4 Å². The van der Waals surface area contributed by atoms with Gasteiger partial charge in [0.2, 0.25) is 5.91 Å². The fourth-order valence-electron chi connectivity index (χ4n) is 3.28. The average molecular weight is 365 g/mol. The molecular weight excluding hydrogens is 334 g/mol. The molecule has 1 aliphatic heterocycles. The Kier molecular flexibility index (Phi) is 6.63. The number of hydrogen-bond donors (Lipinski definition) is 2. The van der Waals surface area contributed by atoms with Gasteiger partial charge in [-0.05, 0) is 37.8 Å². The summed E-state index contributed by atoms with van der Waals surface area (Å²) in [4.78, 5) is 43.5. The Hall–Kier alpha value is -2.09. The van der Waals surface area contributed by atoms with Crippen LogP contribution in [-0.4, -0.2) is 46.5 Å². The predicted molar refractivity (Wildman–Crippen MR) is 103 cm³/mol. The first-order valence-electron chi connectivity index (χ1n) is 9.36. The van der Waals surface area contributed by atoms with E-state index in [9.17, 15) is 14.4 Å². The summed E-state index contributed by atoms with van der Waals surface area (Å²) in [6, 6.07) is 0. The molecule has 0 atom stereocenters. The minimum absolute atomic E-state index is 0.0582.